The Morgan fingerprint density at radius 1 is 0.571 bits per heavy atom. The van der Waals surface area contributed by atoms with Gasteiger partial charge in [0.15, 0.2) is 0 Å². The summed E-state index contributed by atoms with van der Waals surface area (Å²) in [6.45, 7) is 0. The van der Waals surface area contributed by atoms with Gasteiger partial charge in [0.2, 0.25) is 0 Å². The van der Waals surface area contributed by atoms with Crippen molar-refractivity contribution in [1.82, 2.24) is 0 Å². The molecule has 1 unspecified atom stereocenters. The molecular weight excluding hydrogens is 619 g/mol. The first-order valence-electron chi connectivity index (χ1n) is 12.8. The third kappa shape index (κ3) is 8.42. The molecule has 0 amide bonds. The van der Waals surface area contributed by atoms with Crippen molar-refractivity contribution < 1.29 is 37.1 Å². The Bertz CT molecular complexity index is 1600. The van der Waals surface area contributed by atoms with Gasteiger partial charge in [-0.2, -0.15) is 0 Å². The van der Waals surface area contributed by atoms with E-state index in [-0.39, 0.29) is 0 Å². The summed E-state index contributed by atoms with van der Waals surface area (Å²) in [5.74, 6) is 2.59. The zero-order valence-electron chi connectivity index (χ0n) is 22.2. The summed E-state index contributed by atoms with van der Waals surface area (Å²) in [6.07, 6.45) is 8.61. The predicted molar refractivity (Wildman–Crippen MR) is 153 cm³/mol. The van der Waals surface area contributed by atoms with Crippen LogP contribution in [0.4, 0.5) is 0 Å². The Labute approximate surface area is 250 Å². The fraction of sp³-hybridized carbons (Fsp3) is 0. The Kier molecular flexibility index (Phi) is 9.54. The summed E-state index contributed by atoms with van der Waals surface area (Å²) >= 11 is -1.67. The minimum atomic E-state index is -4.94. The van der Waals surface area contributed by atoms with Crippen molar-refractivity contribution in [2.24, 2.45) is 0 Å². The fourth-order valence-electron chi connectivity index (χ4n) is 4.22. The molecule has 4 aromatic rings. The van der Waals surface area contributed by atoms with Crippen LogP contribution in [0.15, 0.2) is 162 Å². The monoisotopic (exact) mass is 644 g/mol. The van der Waals surface area contributed by atoms with Gasteiger partial charge in [-0.25, -0.2) is 18.6 Å². The summed E-state index contributed by atoms with van der Waals surface area (Å²) < 4.78 is 48.2. The molecule has 0 saturated heterocycles. The molecule has 0 saturated carbocycles. The van der Waals surface area contributed by atoms with Crippen LogP contribution in [0.5, 0.6) is 0 Å². The molecule has 2 aliphatic rings. The van der Waals surface area contributed by atoms with Crippen LogP contribution in [-0.4, -0.2) is 13.8 Å². The zero-order chi connectivity index (χ0) is 29.4. The van der Waals surface area contributed by atoms with Gasteiger partial charge in [-0.1, -0.05) is 0 Å². The summed E-state index contributed by atoms with van der Waals surface area (Å²) in [5, 5.41) is 0. The topological polar surface area (TPSA) is 113 Å². The van der Waals surface area contributed by atoms with E-state index in [0.29, 0.717) is 0 Å². The van der Waals surface area contributed by atoms with Gasteiger partial charge in [0.1, 0.15) is 0 Å². The molecule has 0 radical (unpaired) electrons. The summed E-state index contributed by atoms with van der Waals surface area (Å²) in [5.41, 5.74) is 5.41. The fourth-order valence-corrected chi connectivity index (χ4v) is 7.21. The molecule has 2 aliphatic heterocycles. The van der Waals surface area contributed by atoms with Crippen LogP contribution >= 0.6 is 0 Å². The SMILES string of the molecule is C(=C1C=C(c2ccccc2)OC(c2ccccc2)=C1)C1=C[Se](c2ccccc2)=[O+]C(c2ccccc2)=C1.[O-][Cl+3]([O-])([O-])[O-]. The van der Waals surface area contributed by atoms with Gasteiger partial charge in [0.05, 0.1) is 0 Å². The molecule has 2 heterocycles. The van der Waals surface area contributed by atoms with Crippen molar-refractivity contribution in [1.29, 1.82) is 0 Å². The molecule has 4 aromatic carbocycles. The minimum Gasteiger partial charge on any atom is -0.222 e. The van der Waals surface area contributed by atoms with Crippen molar-refractivity contribution in [3.63, 3.8) is 0 Å². The second-order valence-corrected chi connectivity index (χ2v) is 12.9. The number of rotatable bonds is 5. The number of allylic oxidation sites excluding steroid dienone is 6. The van der Waals surface area contributed by atoms with Gasteiger partial charge in [0, 0.05) is 0 Å². The molecule has 0 N–H and O–H groups in total. The van der Waals surface area contributed by atoms with Gasteiger partial charge in [-0.15, -0.1) is 10.2 Å². The van der Waals surface area contributed by atoms with Crippen LogP contribution < -0.4 is 23.1 Å². The summed E-state index contributed by atoms with van der Waals surface area (Å²) in [7, 11) is -4.94. The van der Waals surface area contributed by atoms with E-state index in [4.69, 9.17) is 26.8 Å². The number of hydrogen-bond acceptors (Lipinski definition) is 5. The molecular formula is C34H25ClO6Se. The molecule has 1 atom stereocenters. The van der Waals surface area contributed by atoms with E-state index in [1.165, 1.54) is 4.46 Å². The van der Waals surface area contributed by atoms with Crippen molar-refractivity contribution in [3.8, 4) is 0 Å². The van der Waals surface area contributed by atoms with Gasteiger partial charge < -0.3 is 0 Å². The molecule has 0 aromatic heterocycles. The van der Waals surface area contributed by atoms with E-state index in [1.807, 2.05) is 48.5 Å². The zero-order valence-corrected chi connectivity index (χ0v) is 24.6. The quantitative estimate of drug-likeness (QED) is 0.245. The molecule has 6 nitrogen and oxygen atoms in total. The first-order chi connectivity index (χ1) is 20.3. The maximum Gasteiger partial charge on any atom is -0.112 e. The Morgan fingerprint density at radius 2 is 1.00 bits per heavy atom. The van der Waals surface area contributed by atoms with Crippen LogP contribution in [0, 0.1) is 10.2 Å². The Hall–Kier alpha value is -4.17. The van der Waals surface area contributed by atoms with E-state index >= 15 is 0 Å². The van der Waals surface area contributed by atoms with E-state index in [9.17, 15) is 0 Å². The van der Waals surface area contributed by atoms with Crippen molar-refractivity contribution in [2.75, 3.05) is 0 Å². The number of ether oxygens (including phenoxy) is 1. The van der Waals surface area contributed by atoms with E-state index in [1.54, 1.807) is 0 Å². The van der Waals surface area contributed by atoms with Gasteiger partial charge >= 0.3 is 222 Å². The first kappa shape index (κ1) is 29.3. The average Bonchev–Trinajstić information content (AvgIpc) is 3.02. The molecule has 0 aliphatic carbocycles. The van der Waals surface area contributed by atoms with E-state index in [2.05, 4.69) is 102 Å². The summed E-state index contributed by atoms with van der Waals surface area (Å²) in [4.78, 5) is 2.30. The second kappa shape index (κ2) is 13.7. The molecule has 42 heavy (non-hydrogen) atoms. The maximum absolute atomic E-state index is 8.49. The third-order valence-corrected chi connectivity index (χ3v) is 9.34. The van der Waals surface area contributed by atoms with Crippen LogP contribution in [0.2, 0.25) is 0 Å². The minimum absolute atomic E-state index is 0.837. The largest absolute Gasteiger partial charge is 0.222 e. The molecule has 8 heteroatoms. The number of benzene rings is 4. The second-order valence-electron chi connectivity index (χ2n) is 9.06. The predicted octanol–water partition coefficient (Wildman–Crippen LogP) is 2.65. The molecule has 6 rings (SSSR count). The first-order valence-corrected chi connectivity index (χ1v) is 16.6. The Morgan fingerprint density at radius 3 is 1.48 bits per heavy atom. The van der Waals surface area contributed by atoms with Crippen molar-refractivity contribution in [3.05, 3.63) is 178 Å². The van der Waals surface area contributed by atoms with Crippen LogP contribution in [0.1, 0.15) is 16.7 Å². The van der Waals surface area contributed by atoms with Crippen molar-refractivity contribution in [2.45, 2.75) is 0 Å². The summed E-state index contributed by atoms with van der Waals surface area (Å²) in [6, 6.07) is 41.4. The van der Waals surface area contributed by atoms with Gasteiger partial charge in [0.25, 0.3) is 0 Å². The molecule has 0 spiro atoms. The van der Waals surface area contributed by atoms with E-state index in [0.717, 1.165) is 45.1 Å². The average molecular weight is 644 g/mol. The molecule has 0 fully saturated rings. The number of halogens is 1. The van der Waals surface area contributed by atoms with Gasteiger partial charge in [-0.05, 0) is 0 Å². The van der Waals surface area contributed by atoms with Gasteiger partial charge in [-0.3, -0.25) is 0 Å². The normalized spacial score (nSPS) is 16.3. The van der Waals surface area contributed by atoms with Crippen LogP contribution in [0.25, 0.3) is 17.3 Å². The number of hydrogen-bond donors (Lipinski definition) is 0. The van der Waals surface area contributed by atoms with Crippen LogP contribution in [-0.2, 0) is 8.20 Å². The molecule has 0 bridgehead atoms. The van der Waals surface area contributed by atoms with E-state index < -0.39 is 24.1 Å². The molecule has 210 valence electrons. The third-order valence-electron chi connectivity index (χ3n) is 6.02. The van der Waals surface area contributed by atoms with Crippen LogP contribution in [0.3, 0.4) is 0 Å². The standard InChI is InChI=1S/C34H25O2Se.ClHO4/c1-5-13-28(14-6-1)32-22-26(23-33(35-32)29-15-7-2-8-16-29)21-27-24-34(30-17-9-3-10-18-30)36-37(25-27)31-19-11-4-12-20-31;2-1(3,4)5/h1-25H;(H,2,3,4,5)/q+1;/p-1. The smallest absolute Gasteiger partial charge is 0.112 e. The maximum atomic E-state index is 8.49. The Balaban J connectivity index is 0.000000652. The van der Waals surface area contributed by atoms with Crippen molar-refractivity contribution >= 4 is 35.6 Å².